The third-order valence-electron chi connectivity index (χ3n) is 4.23. The number of thiophene rings is 1. The number of aryl methyl sites for hydroxylation is 3. The molecule has 26 heavy (non-hydrogen) atoms. The van der Waals surface area contributed by atoms with Crippen molar-refractivity contribution in [3.8, 4) is 0 Å². The van der Waals surface area contributed by atoms with Gasteiger partial charge in [0.05, 0.1) is 5.75 Å². The van der Waals surface area contributed by atoms with Crippen molar-refractivity contribution in [2.45, 2.75) is 32.3 Å². The van der Waals surface area contributed by atoms with Crippen LogP contribution in [0.15, 0.2) is 29.3 Å². The van der Waals surface area contributed by atoms with Gasteiger partial charge in [0, 0.05) is 29.4 Å². The minimum atomic E-state index is -0.294. The zero-order chi connectivity index (χ0) is 18.8. The number of thioether (sulfide) groups is 1. The molecule has 136 valence electrons. The van der Waals surface area contributed by atoms with Crippen LogP contribution in [0.25, 0.3) is 10.2 Å². The summed E-state index contributed by atoms with van der Waals surface area (Å²) in [5, 5.41) is 1.87. The number of nitrogens with zero attached hydrogens (tertiary/aromatic N) is 3. The first kappa shape index (κ1) is 18.8. The van der Waals surface area contributed by atoms with Gasteiger partial charge in [-0.2, -0.15) is 0 Å². The molecule has 0 radical (unpaired) electrons. The Balaban J connectivity index is 1.73. The summed E-state index contributed by atoms with van der Waals surface area (Å²) in [6.45, 7) is 6.24. The van der Waals surface area contributed by atoms with Crippen molar-refractivity contribution in [3.05, 3.63) is 51.9 Å². The van der Waals surface area contributed by atoms with Crippen LogP contribution in [-0.4, -0.2) is 33.6 Å². The molecule has 0 bridgehead atoms. The lowest BCUT2D eigenvalue weighted by molar-refractivity contribution is -0.127. The summed E-state index contributed by atoms with van der Waals surface area (Å²) in [6.07, 6.45) is 0. The molecule has 0 spiro atoms. The van der Waals surface area contributed by atoms with Gasteiger partial charge in [-0.1, -0.05) is 30.0 Å². The maximum Gasteiger partial charge on any atom is 0.233 e. The molecule has 0 aliphatic carbocycles. The van der Waals surface area contributed by atoms with E-state index in [4.69, 9.17) is 0 Å². The van der Waals surface area contributed by atoms with Crippen molar-refractivity contribution in [2.75, 3.05) is 12.8 Å². The molecule has 2 heterocycles. The Labute approximate surface area is 160 Å². The van der Waals surface area contributed by atoms with E-state index >= 15 is 0 Å². The molecular weight excluding hydrogens is 369 g/mol. The maximum absolute atomic E-state index is 13.8. The summed E-state index contributed by atoms with van der Waals surface area (Å²) >= 11 is 3.06. The molecule has 1 aromatic carbocycles. The number of fused-ring (bicyclic) bond motifs is 1. The van der Waals surface area contributed by atoms with Gasteiger partial charge in [0.2, 0.25) is 5.91 Å². The van der Waals surface area contributed by atoms with Gasteiger partial charge in [-0.3, -0.25) is 4.79 Å². The van der Waals surface area contributed by atoms with Crippen molar-refractivity contribution in [2.24, 2.45) is 0 Å². The number of aromatic nitrogens is 2. The van der Waals surface area contributed by atoms with Crippen LogP contribution in [0, 0.1) is 26.6 Å². The summed E-state index contributed by atoms with van der Waals surface area (Å²) in [7, 11) is 1.69. The highest BCUT2D eigenvalue weighted by Crippen LogP contribution is 2.35. The van der Waals surface area contributed by atoms with E-state index in [1.165, 1.54) is 28.3 Å². The summed E-state index contributed by atoms with van der Waals surface area (Å²) < 4.78 is 13.8. The van der Waals surface area contributed by atoms with Gasteiger partial charge in [0.15, 0.2) is 0 Å². The second-order valence-electron chi connectivity index (χ2n) is 6.17. The summed E-state index contributed by atoms with van der Waals surface area (Å²) in [4.78, 5) is 25.2. The monoisotopic (exact) mass is 389 g/mol. The Morgan fingerprint density at radius 1 is 1.23 bits per heavy atom. The lowest BCUT2D eigenvalue weighted by Gasteiger charge is -2.17. The Bertz CT molecular complexity index is 971. The first-order valence-corrected chi connectivity index (χ1v) is 10.0. The molecule has 0 saturated carbocycles. The lowest BCUT2D eigenvalue weighted by Crippen LogP contribution is -2.28. The summed E-state index contributed by atoms with van der Waals surface area (Å²) in [5.41, 5.74) is 1.68. The van der Waals surface area contributed by atoms with E-state index in [1.54, 1.807) is 41.5 Å². The first-order valence-electron chi connectivity index (χ1n) is 8.21. The molecule has 3 rings (SSSR count). The van der Waals surface area contributed by atoms with Crippen LogP contribution in [0.2, 0.25) is 0 Å². The second kappa shape index (κ2) is 7.72. The fraction of sp³-hybridized carbons (Fsp3) is 0.316. The molecule has 1 amide bonds. The minimum Gasteiger partial charge on any atom is -0.341 e. The van der Waals surface area contributed by atoms with Crippen molar-refractivity contribution < 1.29 is 9.18 Å². The molecule has 0 unspecified atom stereocenters. The fourth-order valence-electron chi connectivity index (χ4n) is 2.63. The standard InChI is InChI=1S/C19H20FN3OS2/c1-11-12(2)26-19-17(11)18(21-13(3)22-19)25-10-16(24)23(4)9-14-7-5-6-8-15(14)20/h5-8H,9-10H2,1-4H3. The number of halogens is 1. The average molecular weight is 390 g/mol. The molecule has 7 heteroatoms. The Hall–Kier alpha value is -1.99. The highest BCUT2D eigenvalue weighted by molar-refractivity contribution is 8.00. The Morgan fingerprint density at radius 3 is 2.69 bits per heavy atom. The van der Waals surface area contributed by atoms with E-state index in [1.807, 2.05) is 6.92 Å². The number of hydrogen-bond acceptors (Lipinski definition) is 5. The Morgan fingerprint density at radius 2 is 1.96 bits per heavy atom. The molecular formula is C19H20FN3OS2. The molecule has 0 fully saturated rings. The molecule has 2 aromatic heterocycles. The van der Waals surface area contributed by atoms with E-state index < -0.39 is 0 Å². The predicted molar refractivity (Wildman–Crippen MR) is 105 cm³/mol. The van der Waals surface area contributed by atoms with E-state index in [0.717, 1.165) is 15.2 Å². The summed E-state index contributed by atoms with van der Waals surface area (Å²) in [6, 6.07) is 6.52. The van der Waals surface area contributed by atoms with Crippen LogP contribution < -0.4 is 0 Å². The molecule has 0 atom stereocenters. The number of hydrogen-bond donors (Lipinski definition) is 0. The number of benzene rings is 1. The molecule has 0 N–H and O–H groups in total. The van der Waals surface area contributed by atoms with Gasteiger partial charge in [0.25, 0.3) is 0 Å². The van der Waals surface area contributed by atoms with Gasteiger partial charge in [-0.15, -0.1) is 11.3 Å². The van der Waals surface area contributed by atoms with Crippen LogP contribution in [0.3, 0.4) is 0 Å². The molecule has 0 saturated heterocycles. The third kappa shape index (κ3) is 3.88. The van der Waals surface area contributed by atoms with Crippen molar-refractivity contribution >= 4 is 39.2 Å². The van der Waals surface area contributed by atoms with E-state index in [2.05, 4.69) is 23.8 Å². The quantitative estimate of drug-likeness (QED) is 0.476. The minimum absolute atomic E-state index is 0.0627. The average Bonchev–Trinajstić information content (AvgIpc) is 2.88. The van der Waals surface area contributed by atoms with Gasteiger partial charge in [-0.05, 0) is 32.4 Å². The lowest BCUT2D eigenvalue weighted by atomic mass is 10.2. The van der Waals surface area contributed by atoms with Gasteiger partial charge >= 0.3 is 0 Å². The van der Waals surface area contributed by atoms with E-state index in [0.29, 0.717) is 11.4 Å². The van der Waals surface area contributed by atoms with Crippen molar-refractivity contribution in [1.82, 2.24) is 14.9 Å². The Kier molecular flexibility index (Phi) is 5.58. The van der Waals surface area contributed by atoms with E-state index in [9.17, 15) is 9.18 Å². The predicted octanol–water partition coefficient (Wildman–Crippen LogP) is 4.51. The highest BCUT2D eigenvalue weighted by Gasteiger charge is 2.17. The van der Waals surface area contributed by atoms with Gasteiger partial charge in [-0.25, -0.2) is 14.4 Å². The van der Waals surface area contributed by atoms with Crippen LogP contribution >= 0.6 is 23.1 Å². The smallest absolute Gasteiger partial charge is 0.233 e. The number of carbonyl (C=O) groups is 1. The second-order valence-corrected chi connectivity index (χ2v) is 8.34. The van der Waals surface area contributed by atoms with Crippen LogP contribution in [-0.2, 0) is 11.3 Å². The highest BCUT2D eigenvalue weighted by atomic mass is 32.2. The third-order valence-corrected chi connectivity index (χ3v) is 6.29. The van der Waals surface area contributed by atoms with Crippen molar-refractivity contribution in [3.63, 3.8) is 0 Å². The van der Waals surface area contributed by atoms with Crippen molar-refractivity contribution in [1.29, 1.82) is 0 Å². The molecule has 0 aliphatic heterocycles. The normalized spacial score (nSPS) is 11.1. The van der Waals surface area contributed by atoms with Crippen LogP contribution in [0.4, 0.5) is 4.39 Å². The van der Waals surface area contributed by atoms with Gasteiger partial charge in [0.1, 0.15) is 21.5 Å². The topological polar surface area (TPSA) is 46.1 Å². The first-order chi connectivity index (χ1) is 12.4. The van der Waals surface area contributed by atoms with Crippen LogP contribution in [0.5, 0.6) is 0 Å². The largest absolute Gasteiger partial charge is 0.341 e. The number of carbonyl (C=O) groups excluding carboxylic acids is 1. The molecule has 4 nitrogen and oxygen atoms in total. The fourth-order valence-corrected chi connectivity index (χ4v) is 4.84. The zero-order valence-electron chi connectivity index (χ0n) is 15.2. The van der Waals surface area contributed by atoms with Gasteiger partial charge < -0.3 is 4.90 Å². The maximum atomic E-state index is 13.8. The SMILES string of the molecule is Cc1nc(SCC(=O)N(C)Cc2ccccc2F)c2c(C)c(C)sc2n1. The molecule has 0 aliphatic rings. The number of rotatable bonds is 5. The van der Waals surface area contributed by atoms with E-state index in [-0.39, 0.29) is 24.0 Å². The summed E-state index contributed by atoms with van der Waals surface area (Å²) in [5.74, 6) is 0.600. The van der Waals surface area contributed by atoms with Crippen LogP contribution in [0.1, 0.15) is 21.8 Å². The zero-order valence-corrected chi connectivity index (χ0v) is 16.8. The molecule has 3 aromatic rings. The number of amides is 1.